The average Bonchev–Trinajstić information content (AvgIpc) is 3.57. The van der Waals surface area contributed by atoms with Gasteiger partial charge in [-0.15, -0.1) is 11.3 Å². The van der Waals surface area contributed by atoms with Crippen LogP contribution in [0.2, 0.25) is 0 Å². The zero-order chi connectivity index (χ0) is 32.6. The third kappa shape index (κ3) is 5.56. The molecule has 3 heterocycles. The van der Waals surface area contributed by atoms with Gasteiger partial charge in [-0.05, 0) is 18.2 Å². The second-order valence-corrected chi connectivity index (χ2v) is 12.9. The molecule has 6 aromatic carbocycles. The molecule has 0 aliphatic rings. The standard InChI is InChI=1S/C44H28N4S/c1-5-14-29(15-6-1)37-27-38(30-16-7-2-8-17-30)47-44(46-37)33-24-25-34-35-22-13-23-36(42(35)49-41(34)26-33)40-28-39(31-18-9-3-10-19-31)45-43(48-40)32-20-11-4-12-21-32/h1-28H. The van der Waals surface area contributed by atoms with Gasteiger partial charge in [-0.1, -0.05) is 152 Å². The van der Waals surface area contributed by atoms with Crippen LogP contribution < -0.4 is 0 Å². The highest BCUT2D eigenvalue weighted by atomic mass is 32.1. The zero-order valence-corrected chi connectivity index (χ0v) is 27.2. The summed E-state index contributed by atoms with van der Waals surface area (Å²) in [5, 5.41) is 2.41. The number of thiophene rings is 1. The maximum atomic E-state index is 5.14. The number of fused-ring (bicyclic) bond motifs is 3. The Morgan fingerprint density at radius 2 is 0.796 bits per heavy atom. The molecule has 0 amide bonds. The number of nitrogens with zero attached hydrogens (tertiary/aromatic N) is 4. The van der Waals surface area contributed by atoms with Crippen molar-refractivity contribution in [2.45, 2.75) is 0 Å². The third-order valence-electron chi connectivity index (χ3n) is 8.73. The Hall–Kier alpha value is -6.30. The van der Waals surface area contributed by atoms with Crippen LogP contribution in [0.15, 0.2) is 170 Å². The molecule has 5 heteroatoms. The first-order valence-electron chi connectivity index (χ1n) is 16.2. The van der Waals surface area contributed by atoms with Gasteiger partial charge in [-0.2, -0.15) is 0 Å². The molecule has 0 radical (unpaired) electrons. The van der Waals surface area contributed by atoms with E-state index in [2.05, 4.69) is 97.1 Å². The first-order valence-corrected chi connectivity index (χ1v) is 17.0. The number of hydrogen-bond donors (Lipinski definition) is 0. The van der Waals surface area contributed by atoms with E-state index in [1.165, 1.54) is 20.2 Å². The Kier molecular flexibility index (Phi) is 7.30. The summed E-state index contributed by atoms with van der Waals surface area (Å²) in [6.45, 7) is 0. The molecule has 0 N–H and O–H groups in total. The highest BCUT2D eigenvalue weighted by Crippen LogP contribution is 2.42. The molecule has 4 nitrogen and oxygen atoms in total. The lowest BCUT2D eigenvalue weighted by Gasteiger charge is -2.10. The van der Waals surface area contributed by atoms with E-state index < -0.39 is 0 Å². The molecule has 0 atom stereocenters. The highest BCUT2D eigenvalue weighted by molar-refractivity contribution is 7.26. The Morgan fingerprint density at radius 1 is 0.327 bits per heavy atom. The molecule has 9 rings (SSSR count). The number of hydrogen-bond acceptors (Lipinski definition) is 5. The molecule has 0 aliphatic heterocycles. The molecule has 9 aromatic rings. The van der Waals surface area contributed by atoms with Gasteiger partial charge >= 0.3 is 0 Å². The first kappa shape index (κ1) is 28.9. The van der Waals surface area contributed by atoms with Gasteiger partial charge < -0.3 is 0 Å². The lowest BCUT2D eigenvalue weighted by atomic mass is 10.0. The van der Waals surface area contributed by atoms with Crippen molar-refractivity contribution in [3.63, 3.8) is 0 Å². The largest absolute Gasteiger partial charge is 0.228 e. The molecule has 3 aromatic heterocycles. The predicted molar refractivity (Wildman–Crippen MR) is 203 cm³/mol. The van der Waals surface area contributed by atoms with Crippen LogP contribution in [0.3, 0.4) is 0 Å². The number of benzene rings is 6. The first-order chi connectivity index (χ1) is 24.3. The summed E-state index contributed by atoms with van der Waals surface area (Å²) in [6.07, 6.45) is 0. The summed E-state index contributed by atoms with van der Waals surface area (Å²) >= 11 is 1.78. The van der Waals surface area contributed by atoms with E-state index in [1.807, 2.05) is 72.8 Å². The van der Waals surface area contributed by atoms with E-state index in [9.17, 15) is 0 Å². The van der Waals surface area contributed by atoms with E-state index in [-0.39, 0.29) is 0 Å². The number of rotatable bonds is 6. The third-order valence-corrected chi connectivity index (χ3v) is 9.93. The average molecular weight is 645 g/mol. The lowest BCUT2D eigenvalue weighted by Crippen LogP contribution is -1.95. The SMILES string of the molecule is c1ccc(-c2cc(-c3ccccc3)nc(-c3ccc4c(c3)sc3c(-c5cc(-c6ccccc6)nc(-c6ccccc6)n5)cccc34)n2)cc1. The van der Waals surface area contributed by atoms with E-state index in [1.54, 1.807) is 11.3 Å². The Morgan fingerprint density at radius 3 is 1.35 bits per heavy atom. The fourth-order valence-corrected chi connectivity index (χ4v) is 7.55. The second kappa shape index (κ2) is 12.4. The van der Waals surface area contributed by atoms with Crippen molar-refractivity contribution in [3.05, 3.63) is 170 Å². The fraction of sp³-hybridized carbons (Fsp3) is 0. The summed E-state index contributed by atoms with van der Waals surface area (Å²) in [6, 6.07) is 58.4. The molecule has 0 saturated heterocycles. The normalized spacial score (nSPS) is 11.3. The molecule has 49 heavy (non-hydrogen) atoms. The van der Waals surface area contributed by atoms with Gasteiger partial charge in [-0.3, -0.25) is 0 Å². The van der Waals surface area contributed by atoms with Crippen molar-refractivity contribution in [3.8, 4) is 67.8 Å². The minimum absolute atomic E-state index is 0.704. The van der Waals surface area contributed by atoms with Crippen LogP contribution >= 0.6 is 11.3 Å². The van der Waals surface area contributed by atoms with Crippen molar-refractivity contribution >= 4 is 31.5 Å². The van der Waals surface area contributed by atoms with E-state index in [4.69, 9.17) is 19.9 Å². The minimum atomic E-state index is 0.704. The molecule has 0 fully saturated rings. The highest BCUT2D eigenvalue weighted by Gasteiger charge is 2.17. The van der Waals surface area contributed by atoms with E-state index in [0.717, 1.165) is 56.2 Å². The van der Waals surface area contributed by atoms with Crippen LogP contribution in [0.25, 0.3) is 88.0 Å². The van der Waals surface area contributed by atoms with Gasteiger partial charge in [0.2, 0.25) is 0 Å². The van der Waals surface area contributed by atoms with Gasteiger partial charge in [0.25, 0.3) is 0 Å². The second-order valence-electron chi connectivity index (χ2n) is 11.9. The van der Waals surface area contributed by atoms with Crippen LogP contribution in [-0.4, -0.2) is 19.9 Å². The van der Waals surface area contributed by atoms with Gasteiger partial charge in [0, 0.05) is 53.6 Å². The number of aromatic nitrogens is 4. The lowest BCUT2D eigenvalue weighted by molar-refractivity contribution is 1.18. The summed E-state index contributed by atoms with van der Waals surface area (Å²) in [4.78, 5) is 20.3. The van der Waals surface area contributed by atoms with Gasteiger partial charge in [-0.25, -0.2) is 19.9 Å². The Labute approximate surface area is 288 Å². The van der Waals surface area contributed by atoms with Crippen molar-refractivity contribution in [2.24, 2.45) is 0 Å². The van der Waals surface area contributed by atoms with Gasteiger partial charge in [0.05, 0.1) is 22.8 Å². The van der Waals surface area contributed by atoms with Gasteiger partial charge in [0.15, 0.2) is 11.6 Å². The zero-order valence-electron chi connectivity index (χ0n) is 26.4. The van der Waals surface area contributed by atoms with Crippen molar-refractivity contribution in [1.82, 2.24) is 19.9 Å². The monoisotopic (exact) mass is 644 g/mol. The van der Waals surface area contributed by atoms with E-state index >= 15 is 0 Å². The van der Waals surface area contributed by atoms with Gasteiger partial charge in [0.1, 0.15) is 0 Å². The van der Waals surface area contributed by atoms with Crippen LogP contribution in [0.1, 0.15) is 0 Å². The Bertz CT molecular complexity index is 2470. The van der Waals surface area contributed by atoms with Crippen LogP contribution in [0.5, 0.6) is 0 Å². The molecule has 0 unspecified atom stereocenters. The molecule has 230 valence electrons. The molecule has 0 saturated carbocycles. The topological polar surface area (TPSA) is 51.6 Å². The molecular formula is C44H28N4S. The summed E-state index contributed by atoms with van der Waals surface area (Å²) in [5.41, 5.74) is 9.83. The molecule has 0 bridgehead atoms. The van der Waals surface area contributed by atoms with E-state index in [0.29, 0.717) is 11.6 Å². The molecule has 0 aliphatic carbocycles. The Balaban J connectivity index is 1.20. The predicted octanol–water partition coefficient (Wildman–Crippen LogP) is 11.6. The smallest absolute Gasteiger partial charge is 0.160 e. The van der Waals surface area contributed by atoms with Crippen LogP contribution in [0.4, 0.5) is 0 Å². The van der Waals surface area contributed by atoms with Crippen molar-refractivity contribution in [1.29, 1.82) is 0 Å². The fourth-order valence-electron chi connectivity index (χ4n) is 6.29. The summed E-state index contributed by atoms with van der Waals surface area (Å²) in [5.74, 6) is 1.41. The van der Waals surface area contributed by atoms with Crippen LogP contribution in [-0.2, 0) is 0 Å². The molecular weight excluding hydrogens is 617 g/mol. The summed E-state index contributed by atoms with van der Waals surface area (Å²) < 4.78 is 2.37. The maximum absolute atomic E-state index is 5.14. The minimum Gasteiger partial charge on any atom is -0.228 e. The van der Waals surface area contributed by atoms with Crippen molar-refractivity contribution in [2.75, 3.05) is 0 Å². The summed E-state index contributed by atoms with van der Waals surface area (Å²) in [7, 11) is 0. The van der Waals surface area contributed by atoms with Crippen molar-refractivity contribution < 1.29 is 0 Å². The maximum Gasteiger partial charge on any atom is 0.160 e. The molecule has 0 spiro atoms. The quantitative estimate of drug-likeness (QED) is 0.181. The van der Waals surface area contributed by atoms with Crippen LogP contribution in [0, 0.1) is 0 Å².